The maximum atomic E-state index is 10.2. The van der Waals surface area contributed by atoms with Crippen molar-refractivity contribution in [3.05, 3.63) is 0 Å². The van der Waals surface area contributed by atoms with Crippen LogP contribution < -0.4 is 0 Å². The van der Waals surface area contributed by atoms with Crippen molar-refractivity contribution in [2.45, 2.75) is 97.5 Å². The smallest absolute Gasteiger partial charge is 0.0619 e. The quantitative estimate of drug-likeness (QED) is 0.486. The van der Waals surface area contributed by atoms with Gasteiger partial charge in [-0.3, -0.25) is 0 Å². The van der Waals surface area contributed by atoms with Gasteiger partial charge >= 0.3 is 0 Å². The van der Waals surface area contributed by atoms with Crippen molar-refractivity contribution < 1.29 is 5.11 Å². The van der Waals surface area contributed by atoms with Crippen LogP contribution in [0.2, 0.25) is 0 Å². The first kappa shape index (κ1) is 17.0. The summed E-state index contributed by atoms with van der Waals surface area (Å²) in [5.74, 6) is 0.704. The van der Waals surface area contributed by atoms with E-state index in [2.05, 4.69) is 20.8 Å². The fraction of sp³-hybridized carbons (Fsp3) is 1.00. The second-order valence-corrected chi connectivity index (χ2v) is 6.30. The molecule has 0 aromatic carbocycles. The van der Waals surface area contributed by atoms with Gasteiger partial charge in [0.1, 0.15) is 0 Å². The van der Waals surface area contributed by atoms with Crippen molar-refractivity contribution in [1.82, 2.24) is 0 Å². The van der Waals surface area contributed by atoms with Crippen LogP contribution in [0.5, 0.6) is 0 Å². The van der Waals surface area contributed by atoms with Crippen molar-refractivity contribution in [1.29, 1.82) is 0 Å². The van der Waals surface area contributed by atoms with Crippen molar-refractivity contribution in [3.63, 3.8) is 0 Å². The van der Waals surface area contributed by atoms with Crippen LogP contribution in [0.4, 0.5) is 0 Å². The zero-order valence-electron chi connectivity index (χ0n) is 12.6. The molecule has 0 aromatic heterocycles. The van der Waals surface area contributed by atoms with E-state index in [0.29, 0.717) is 5.92 Å². The fourth-order valence-corrected chi connectivity index (χ4v) is 2.19. The average molecular weight is 242 g/mol. The summed E-state index contributed by atoms with van der Waals surface area (Å²) in [5.41, 5.74) is -0.423. The predicted molar refractivity (Wildman–Crippen MR) is 77.3 cm³/mol. The molecule has 0 fully saturated rings. The lowest BCUT2D eigenvalue weighted by Gasteiger charge is -2.24. The normalized spacial score (nSPS) is 15.2. The lowest BCUT2D eigenvalue weighted by molar-refractivity contribution is 0.0340. The number of hydrogen-bond acceptors (Lipinski definition) is 1. The molecule has 0 radical (unpaired) electrons. The standard InChI is InChI=1S/C16H34O/c1-5-6-7-8-9-10-11-13-16(4,17)14-12-15(2)3/h15,17H,5-14H2,1-4H3. The summed E-state index contributed by atoms with van der Waals surface area (Å²) in [7, 11) is 0. The van der Waals surface area contributed by atoms with Gasteiger partial charge in [-0.25, -0.2) is 0 Å². The van der Waals surface area contributed by atoms with Crippen LogP contribution in [-0.4, -0.2) is 10.7 Å². The van der Waals surface area contributed by atoms with Gasteiger partial charge in [-0.2, -0.15) is 0 Å². The molecule has 0 spiro atoms. The Morgan fingerprint density at radius 1 is 0.882 bits per heavy atom. The van der Waals surface area contributed by atoms with Gasteiger partial charge in [-0.1, -0.05) is 65.7 Å². The van der Waals surface area contributed by atoms with Crippen LogP contribution in [0.3, 0.4) is 0 Å². The van der Waals surface area contributed by atoms with Crippen LogP contribution >= 0.6 is 0 Å². The van der Waals surface area contributed by atoms with E-state index in [4.69, 9.17) is 0 Å². The van der Waals surface area contributed by atoms with Crippen LogP contribution in [0.1, 0.15) is 91.9 Å². The summed E-state index contributed by atoms with van der Waals surface area (Å²) in [6.07, 6.45) is 12.4. The van der Waals surface area contributed by atoms with E-state index in [0.717, 1.165) is 19.3 Å². The minimum Gasteiger partial charge on any atom is -0.390 e. The average Bonchev–Trinajstić information content (AvgIpc) is 2.25. The third-order valence-electron chi connectivity index (χ3n) is 3.58. The number of hydrogen-bond donors (Lipinski definition) is 1. The maximum Gasteiger partial charge on any atom is 0.0619 e. The zero-order chi connectivity index (χ0) is 13.1. The molecule has 1 nitrogen and oxygen atoms in total. The van der Waals surface area contributed by atoms with E-state index < -0.39 is 5.60 Å². The summed E-state index contributed by atoms with van der Waals surface area (Å²) >= 11 is 0. The Hall–Kier alpha value is -0.0400. The van der Waals surface area contributed by atoms with Crippen LogP contribution in [0, 0.1) is 5.92 Å². The highest BCUT2D eigenvalue weighted by atomic mass is 16.3. The third kappa shape index (κ3) is 12.2. The van der Waals surface area contributed by atoms with E-state index in [9.17, 15) is 5.11 Å². The summed E-state index contributed by atoms with van der Waals surface area (Å²) in [6.45, 7) is 8.71. The molecule has 1 N–H and O–H groups in total. The molecule has 0 bridgehead atoms. The molecule has 1 unspecified atom stereocenters. The molecule has 0 amide bonds. The summed E-state index contributed by atoms with van der Waals surface area (Å²) in [5, 5.41) is 10.2. The third-order valence-corrected chi connectivity index (χ3v) is 3.58. The van der Waals surface area contributed by atoms with Gasteiger partial charge in [-0.15, -0.1) is 0 Å². The first-order valence-corrected chi connectivity index (χ1v) is 7.70. The highest BCUT2D eigenvalue weighted by Gasteiger charge is 2.19. The van der Waals surface area contributed by atoms with Crippen LogP contribution in [-0.2, 0) is 0 Å². The fourth-order valence-electron chi connectivity index (χ4n) is 2.19. The summed E-state index contributed by atoms with van der Waals surface area (Å²) in [4.78, 5) is 0. The highest BCUT2D eigenvalue weighted by Crippen LogP contribution is 2.23. The minimum atomic E-state index is -0.423. The second kappa shape index (κ2) is 9.94. The van der Waals surface area contributed by atoms with Crippen molar-refractivity contribution in [2.75, 3.05) is 0 Å². The molecule has 104 valence electrons. The van der Waals surface area contributed by atoms with Crippen LogP contribution in [0.15, 0.2) is 0 Å². The molecule has 0 saturated heterocycles. The van der Waals surface area contributed by atoms with E-state index in [1.54, 1.807) is 0 Å². The monoisotopic (exact) mass is 242 g/mol. The second-order valence-electron chi connectivity index (χ2n) is 6.30. The Morgan fingerprint density at radius 3 is 1.94 bits per heavy atom. The predicted octanol–water partition coefficient (Wildman–Crippen LogP) is 5.31. The number of unbranched alkanes of at least 4 members (excludes halogenated alkanes) is 6. The van der Waals surface area contributed by atoms with Gasteiger partial charge in [0.25, 0.3) is 0 Å². The molecular weight excluding hydrogens is 208 g/mol. The first-order chi connectivity index (χ1) is 7.98. The van der Waals surface area contributed by atoms with E-state index in [1.165, 1.54) is 44.9 Å². The summed E-state index contributed by atoms with van der Waals surface area (Å²) in [6, 6.07) is 0. The number of aliphatic hydroxyl groups is 1. The van der Waals surface area contributed by atoms with Gasteiger partial charge in [-0.05, 0) is 32.1 Å². The Kier molecular flexibility index (Phi) is 9.91. The minimum absolute atomic E-state index is 0.423. The van der Waals surface area contributed by atoms with Gasteiger partial charge < -0.3 is 5.11 Å². The molecule has 1 atom stereocenters. The largest absolute Gasteiger partial charge is 0.390 e. The van der Waals surface area contributed by atoms with E-state index in [1.807, 2.05) is 6.92 Å². The molecule has 0 aliphatic rings. The van der Waals surface area contributed by atoms with Crippen molar-refractivity contribution in [2.24, 2.45) is 5.92 Å². The molecule has 1 heteroatoms. The van der Waals surface area contributed by atoms with E-state index in [-0.39, 0.29) is 0 Å². The number of rotatable bonds is 11. The molecule has 0 saturated carbocycles. The Morgan fingerprint density at radius 2 is 1.41 bits per heavy atom. The van der Waals surface area contributed by atoms with Crippen molar-refractivity contribution >= 4 is 0 Å². The lowest BCUT2D eigenvalue weighted by Crippen LogP contribution is -2.24. The molecule has 0 aromatic rings. The van der Waals surface area contributed by atoms with E-state index >= 15 is 0 Å². The molecule has 0 heterocycles. The first-order valence-electron chi connectivity index (χ1n) is 7.70. The van der Waals surface area contributed by atoms with Gasteiger partial charge in [0, 0.05) is 0 Å². The SMILES string of the molecule is CCCCCCCCCC(C)(O)CCC(C)C. The Labute approximate surface area is 109 Å². The molecule has 0 aliphatic carbocycles. The van der Waals surface area contributed by atoms with Gasteiger partial charge in [0.15, 0.2) is 0 Å². The molecule has 17 heavy (non-hydrogen) atoms. The van der Waals surface area contributed by atoms with Crippen molar-refractivity contribution in [3.8, 4) is 0 Å². The molecular formula is C16H34O. The highest BCUT2D eigenvalue weighted by molar-refractivity contribution is 4.72. The Balaban J connectivity index is 3.39. The zero-order valence-corrected chi connectivity index (χ0v) is 12.6. The van der Waals surface area contributed by atoms with Gasteiger partial charge in [0.2, 0.25) is 0 Å². The molecule has 0 aliphatic heterocycles. The lowest BCUT2D eigenvalue weighted by atomic mass is 9.90. The Bertz CT molecular complexity index is 161. The molecule has 0 rings (SSSR count). The van der Waals surface area contributed by atoms with Crippen LogP contribution in [0.25, 0.3) is 0 Å². The maximum absolute atomic E-state index is 10.2. The summed E-state index contributed by atoms with van der Waals surface area (Å²) < 4.78 is 0. The topological polar surface area (TPSA) is 20.2 Å². The van der Waals surface area contributed by atoms with Gasteiger partial charge in [0.05, 0.1) is 5.60 Å².